The maximum atomic E-state index is 13.1. The van der Waals surface area contributed by atoms with Crippen molar-refractivity contribution in [2.45, 2.75) is 57.9 Å². The minimum atomic E-state index is -4.66. The molecule has 4 rings (SSSR count). The van der Waals surface area contributed by atoms with Crippen molar-refractivity contribution in [2.75, 3.05) is 16.8 Å². The van der Waals surface area contributed by atoms with Gasteiger partial charge in [0.25, 0.3) is 0 Å². The van der Waals surface area contributed by atoms with Gasteiger partial charge in [0.2, 0.25) is 11.0 Å². The van der Waals surface area contributed by atoms with Gasteiger partial charge in [-0.25, -0.2) is 4.79 Å². The Bertz CT molecular complexity index is 1240. The Morgan fingerprint density at radius 3 is 2.49 bits per heavy atom. The Morgan fingerprint density at radius 1 is 1.16 bits per heavy atom. The van der Waals surface area contributed by atoms with Crippen LogP contribution >= 0.6 is 11.5 Å². The molecule has 0 aliphatic heterocycles. The number of hydrogen-bond donors (Lipinski definition) is 3. The van der Waals surface area contributed by atoms with E-state index < -0.39 is 18.0 Å². The predicted octanol–water partition coefficient (Wildman–Crippen LogP) is 6.43. The SMILES string of the molecule is CC(C)CN(c1ccc(-c2ccccc2C(=O)O)cc1Nc1nc(C(F)(F)F)ns1)[C@H]1CC[C@H](O)CC1. The average Bonchev–Trinajstić information content (AvgIpc) is 3.32. The van der Waals surface area contributed by atoms with E-state index in [-0.39, 0.29) is 22.8 Å². The summed E-state index contributed by atoms with van der Waals surface area (Å²) in [4.78, 5) is 17.7. The summed E-state index contributed by atoms with van der Waals surface area (Å²) in [5.74, 6) is -1.99. The van der Waals surface area contributed by atoms with E-state index in [1.165, 1.54) is 6.07 Å². The normalized spacial score (nSPS) is 18.1. The number of benzene rings is 2. The third-order valence-corrected chi connectivity index (χ3v) is 6.99. The van der Waals surface area contributed by atoms with E-state index >= 15 is 0 Å². The van der Waals surface area contributed by atoms with Crippen LogP contribution in [0.15, 0.2) is 42.5 Å². The van der Waals surface area contributed by atoms with Gasteiger partial charge in [0.1, 0.15) is 0 Å². The number of aromatic carboxylic acids is 1. The third kappa shape index (κ3) is 6.40. The number of aromatic nitrogens is 2. The number of aliphatic hydroxyl groups excluding tert-OH is 1. The number of carboxylic acid groups (broad SMARTS) is 1. The molecule has 3 N–H and O–H groups in total. The highest BCUT2D eigenvalue weighted by molar-refractivity contribution is 7.09. The molecule has 0 bridgehead atoms. The summed E-state index contributed by atoms with van der Waals surface area (Å²) < 4.78 is 42.9. The molecule has 1 aliphatic rings. The number of nitrogens with zero attached hydrogens (tertiary/aromatic N) is 3. The first-order valence-corrected chi connectivity index (χ1v) is 12.9. The molecule has 0 atom stereocenters. The molecule has 7 nitrogen and oxygen atoms in total. The Morgan fingerprint density at radius 2 is 1.86 bits per heavy atom. The van der Waals surface area contributed by atoms with Gasteiger partial charge in [-0.3, -0.25) is 0 Å². The zero-order chi connectivity index (χ0) is 26.7. The van der Waals surface area contributed by atoms with Crippen LogP contribution in [0.5, 0.6) is 0 Å². The van der Waals surface area contributed by atoms with Crippen LogP contribution in [-0.4, -0.2) is 44.2 Å². The van der Waals surface area contributed by atoms with Gasteiger partial charge in [0.05, 0.1) is 23.0 Å². The van der Waals surface area contributed by atoms with Gasteiger partial charge in [0.15, 0.2) is 0 Å². The van der Waals surface area contributed by atoms with Gasteiger partial charge in [-0.15, -0.1) is 0 Å². The van der Waals surface area contributed by atoms with E-state index in [0.29, 0.717) is 53.7 Å². The van der Waals surface area contributed by atoms with E-state index in [2.05, 4.69) is 33.4 Å². The van der Waals surface area contributed by atoms with E-state index in [1.807, 2.05) is 12.1 Å². The summed E-state index contributed by atoms with van der Waals surface area (Å²) in [6.45, 7) is 4.88. The number of hydrogen-bond acceptors (Lipinski definition) is 7. The fraction of sp³-hybridized carbons (Fsp3) is 0.423. The molecule has 37 heavy (non-hydrogen) atoms. The number of alkyl halides is 3. The summed E-state index contributed by atoms with van der Waals surface area (Å²) in [7, 11) is 0. The maximum Gasteiger partial charge on any atom is 0.452 e. The lowest BCUT2D eigenvalue weighted by Crippen LogP contribution is -2.41. The summed E-state index contributed by atoms with van der Waals surface area (Å²) in [6.07, 6.45) is -2.06. The quantitative estimate of drug-likeness (QED) is 0.306. The number of rotatable bonds is 8. The number of aliphatic hydroxyl groups is 1. The topological polar surface area (TPSA) is 98.6 Å². The Labute approximate surface area is 217 Å². The highest BCUT2D eigenvalue weighted by atomic mass is 32.1. The molecule has 1 aliphatic carbocycles. The lowest BCUT2D eigenvalue weighted by molar-refractivity contribution is -0.144. The first-order chi connectivity index (χ1) is 17.5. The van der Waals surface area contributed by atoms with Crippen molar-refractivity contribution in [1.82, 2.24) is 9.36 Å². The summed E-state index contributed by atoms with van der Waals surface area (Å²) in [5.41, 5.74) is 2.50. The number of carbonyl (C=O) groups is 1. The van der Waals surface area contributed by atoms with Crippen LogP contribution in [-0.2, 0) is 6.18 Å². The van der Waals surface area contributed by atoms with Crippen LogP contribution in [0.1, 0.15) is 55.7 Å². The van der Waals surface area contributed by atoms with Crippen molar-refractivity contribution in [3.63, 3.8) is 0 Å². The molecule has 198 valence electrons. The summed E-state index contributed by atoms with van der Waals surface area (Å²) in [6, 6.07) is 12.2. The van der Waals surface area contributed by atoms with Gasteiger partial charge in [0, 0.05) is 24.1 Å². The Hall–Kier alpha value is -3.18. The minimum absolute atomic E-state index is 0.0131. The van der Waals surface area contributed by atoms with Gasteiger partial charge in [-0.2, -0.15) is 22.5 Å². The van der Waals surface area contributed by atoms with Gasteiger partial charge in [-0.1, -0.05) is 38.1 Å². The Balaban J connectivity index is 1.80. The highest BCUT2D eigenvalue weighted by Crippen LogP contribution is 2.39. The molecule has 11 heteroatoms. The van der Waals surface area contributed by atoms with E-state index in [4.69, 9.17) is 0 Å². The smallest absolute Gasteiger partial charge is 0.452 e. The van der Waals surface area contributed by atoms with E-state index in [9.17, 15) is 28.2 Å². The molecular weight excluding hydrogens is 505 g/mol. The number of nitrogens with one attached hydrogen (secondary N) is 1. The van der Waals surface area contributed by atoms with Crippen molar-refractivity contribution in [3.8, 4) is 11.1 Å². The first kappa shape index (κ1) is 26.9. The molecule has 2 aromatic carbocycles. The molecule has 1 aromatic heterocycles. The molecule has 0 unspecified atom stereocenters. The van der Waals surface area contributed by atoms with Gasteiger partial charge < -0.3 is 20.4 Å². The molecule has 0 spiro atoms. The van der Waals surface area contributed by atoms with Crippen LogP contribution in [0, 0.1) is 5.92 Å². The highest BCUT2D eigenvalue weighted by Gasteiger charge is 2.36. The number of anilines is 3. The van der Waals surface area contributed by atoms with Crippen LogP contribution < -0.4 is 10.2 Å². The van der Waals surface area contributed by atoms with Crippen LogP contribution in [0.2, 0.25) is 0 Å². The second-order valence-corrected chi connectivity index (χ2v) is 10.4. The number of halogens is 3. The van der Waals surface area contributed by atoms with Crippen molar-refractivity contribution >= 4 is 34.0 Å². The zero-order valence-corrected chi connectivity index (χ0v) is 21.3. The molecule has 1 heterocycles. The fourth-order valence-electron chi connectivity index (χ4n) is 4.69. The van der Waals surface area contributed by atoms with Gasteiger partial charge in [-0.05, 0) is 60.9 Å². The van der Waals surface area contributed by atoms with Crippen molar-refractivity contribution < 1.29 is 28.2 Å². The lowest BCUT2D eigenvalue weighted by Gasteiger charge is -2.39. The second kappa shape index (κ2) is 11.1. The van der Waals surface area contributed by atoms with E-state index in [1.54, 1.807) is 24.3 Å². The van der Waals surface area contributed by atoms with Crippen LogP contribution in [0.25, 0.3) is 11.1 Å². The Kier molecular flexibility index (Phi) is 8.03. The van der Waals surface area contributed by atoms with Crippen molar-refractivity contribution in [1.29, 1.82) is 0 Å². The maximum absolute atomic E-state index is 13.1. The van der Waals surface area contributed by atoms with Crippen LogP contribution in [0.3, 0.4) is 0 Å². The minimum Gasteiger partial charge on any atom is -0.478 e. The predicted molar refractivity (Wildman–Crippen MR) is 137 cm³/mol. The molecule has 3 aromatic rings. The monoisotopic (exact) mass is 534 g/mol. The molecule has 0 radical (unpaired) electrons. The largest absolute Gasteiger partial charge is 0.478 e. The van der Waals surface area contributed by atoms with Crippen molar-refractivity contribution in [2.24, 2.45) is 5.92 Å². The lowest BCUT2D eigenvalue weighted by atomic mass is 9.90. The van der Waals surface area contributed by atoms with Crippen molar-refractivity contribution in [3.05, 3.63) is 53.9 Å². The first-order valence-electron chi connectivity index (χ1n) is 12.1. The average molecular weight is 535 g/mol. The number of carboxylic acids is 1. The summed E-state index contributed by atoms with van der Waals surface area (Å²) in [5, 5.41) is 22.7. The van der Waals surface area contributed by atoms with Crippen LogP contribution in [0.4, 0.5) is 29.7 Å². The second-order valence-electron chi connectivity index (χ2n) is 9.64. The van der Waals surface area contributed by atoms with E-state index in [0.717, 1.165) is 18.5 Å². The zero-order valence-electron chi connectivity index (χ0n) is 20.5. The molecule has 0 saturated heterocycles. The third-order valence-electron chi connectivity index (χ3n) is 6.36. The molecule has 1 saturated carbocycles. The molecular formula is C26H29F3N4O3S. The standard InChI is InChI=1S/C26H29F3N4O3S/c1-15(2)14-33(17-8-10-18(34)11-9-17)22-12-7-16(19-5-3-4-6-20(19)23(35)36)13-21(22)30-25-31-24(32-37-25)26(27,28)29/h3-7,12-13,15,17-18,34H,8-11,14H2,1-2H3,(H,35,36)(H,30,31,32)/t17-,18-. The summed E-state index contributed by atoms with van der Waals surface area (Å²) >= 11 is 0.613. The molecule has 0 amide bonds. The van der Waals surface area contributed by atoms with Gasteiger partial charge >= 0.3 is 12.1 Å². The fourth-order valence-corrected chi connectivity index (χ4v) is 5.29. The molecule has 1 fully saturated rings.